The number of amides is 2. The van der Waals surface area contributed by atoms with Crippen molar-refractivity contribution in [3.63, 3.8) is 0 Å². The lowest BCUT2D eigenvalue weighted by molar-refractivity contribution is 0.0648. The smallest absolute Gasteiger partial charge is 0.319 e. The minimum atomic E-state index is -0.228. The molecule has 0 radical (unpaired) electrons. The van der Waals surface area contributed by atoms with Crippen molar-refractivity contribution < 1.29 is 14.3 Å². The predicted octanol–water partition coefficient (Wildman–Crippen LogP) is 4.77. The molecule has 6 nitrogen and oxygen atoms in total. The van der Waals surface area contributed by atoms with E-state index in [0.29, 0.717) is 19.2 Å². The van der Waals surface area contributed by atoms with E-state index in [1.807, 2.05) is 24.3 Å². The Morgan fingerprint density at radius 2 is 1.81 bits per heavy atom. The summed E-state index contributed by atoms with van der Waals surface area (Å²) in [5.41, 5.74) is 3.43. The number of rotatable bonds is 9. The summed E-state index contributed by atoms with van der Waals surface area (Å²) in [7, 11) is 0. The summed E-state index contributed by atoms with van der Waals surface area (Å²) in [6.45, 7) is 6.10. The zero-order chi connectivity index (χ0) is 22.2. The number of fused-ring (bicyclic) bond motifs is 1. The number of urea groups is 1. The summed E-state index contributed by atoms with van der Waals surface area (Å²) in [6, 6.07) is 16.5. The summed E-state index contributed by atoms with van der Waals surface area (Å²) in [5.74, 6) is 0.827. The second-order valence-electron chi connectivity index (χ2n) is 8.62. The van der Waals surface area contributed by atoms with Gasteiger partial charge >= 0.3 is 6.03 Å². The average Bonchev–Trinajstić information content (AvgIpc) is 3.19. The molecule has 6 heteroatoms. The van der Waals surface area contributed by atoms with Gasteiger partial charge in [-0.2, -0.15) is 0 Å². The lowest BCUT2D eigenvalue weighted by Gasteiger charge is -2.35. The highest BCUT2D eigenvalue weighted by molar-refractivity contribution is 5.89. The van der Waals surface area contributed by atoms with Crippen molar-refractivity contribution in [2.45, 2.75) is 51.2 Å². The highest BCUT2D eigenvalue weighted by Crippen LogP contribution is 2.39. The Hall–Kier alpha value is -2.57. The lowest BCUT2D eigenvalue weighted by Crippen LogP contribution is -2.43. The summed E-state index contributed by atoms with van der Waals surface area (Å²) >= 11 is 0. The summed E-state index contributed by atoms with van der Waals surface area (Å²) < 4.78 is 11.9. The Balaban J connectivity index is 1.35. The number of piperidine rings is 1. The van der Waals surface area contributed by atoms with Crippen molar-refractivity contribution in [2.75, 3.05) is 38.2 Å². The van der Waals surface area contributed by atoms with Gasteiger partial charge in [-0.3, -0.25) is 4.90 Å². The highest BCUT2D eigenvalue weighted by atomic mass is 16.5. The molecule has 1 fully saturated rings. The van der Waals surface area contributed by atoms with Crippen molar-refractivity contribution in [3.8, 4) is 5.75 Å². The fourth-order valence-corrected chi connectivity index (χ4v) is 4.67. The van der Waals surface area contributed by atoms with E-state index in [1.165, 1.54) is 30.4 Å². The molecule has 0 aromatic heterocycles. The van der Waals surface area contributed by atoms with E-state index < -0.39 is 0 Å². The number of ether oxygens (including phenoxy) is 2. The third kappa shape index (κ3) is 5.81. The van der Waals surface area contributed by atoms with Crippen LogP contribution in [0.4, 0.5) is 10.5 Å². The lowest BCUT2D eigenvalue weighted by atomic mass is 10.0. The summed E-state index contributed by atoms with van der Waals surface area (Å²) in [6.07, 6.45) is 5.93. The van der Waals surface area contributed by atoms with Crippen molar-refractivity contribution in [2.24, 2.45) is 0 Å². The molecule has 2 aromatic carbocycles. The van der Waals surface area contributed by atoms with Crippen LogP contribution < -0.4 is 15.4 Å². The molecule has 2 aromatic rings. The monoisotopic (exact) mass is 437 g/mol. The van der Waals surface area contributed by atoms with Gasteiger partial charge in [0.1, 0.15) is 11.9 Å². The van der Waals surface area contributed by atoms with Crippen LogP contribution in [0, 0.1) is 0 Å². The molecule has 2 amide bonds. The number of benzene rings is 2. The maximum atomic E-state index is 12.0. The minimum absolute atomic E-state index is 0.0366. The van der Waals surface area contributed by atoms with E-state index in [0.717, 1.165) is 44.0 Å². The molecule has 0 unspecified atom stereocenters. The van der Waals surface area contributed by atoms with Gasteiger partial charge in [-0.15, -0.1) is 0 Å². The van der Waals surface area contributed by atoms with Crippen molar-refractivity contribution in [3.05, 3.63) is 59.7 Å². The third-order valence-electron chi connectivity index (χ3n) is 6.26. The number of likely N-dealkylation sites (tertiary alicyclic amines) is 1. The fourth-order valence-electron chi connectivity index (χ4n) is 4.67. The standard InChI is InChI=1S/C26H35N3O3/c1-2-17-31-18-14-27-26(30)28-21-10-12-22(13-11-21)32-25-23-9-5-4-8-20(23)19-24(25)29-15-6-3-7-16-29/h4-5,8-13,24-25H,2-3,6-7,14-19H2,1H3,(H2,27,28,30)/t24-,25-/m0/s1. The van der Waals surface area contributed by atoms with Gasteiger partial charge in [-0.1, -0.05) is 37.6 Å². The highest BCUT2D eigenvalue weighted by Gasteiger charge is 2.38. The quantitative estimate of drug-likeness (QED) is 0.555. The van der Waals surface area contributed by atoms with Crippen molar-refractivity contribution >= 4 is 11.7 Å². The Bertz CT molecular complexity index is 865. The van der Waals surface area contributed by atoms with Crippen LogP contribution in [0.5, 0.6) is 5.75 Å². The summed E-state index contributed by atoms with van der Waals surface area (Å²) in [4.78, 5) is 14.7. The number of anilines is 1. The Morgan fingerprint density at radius 3 is 2.59 bits per heavy atom. The van der Waals surface area contributed by atoms with E-state index in [4.69, 9.17) is 9.47 Å². The number of carbonyl (C=O) groups is 1. The van der Waals surface area contributed by atoms with Crippen molar-refractivity contribution in [1.82, 2.24) is 10.2 Å². The van der Waals surface area contributed by atoms with Gasteiger partial charge in [0.05, 0.1) is 12.6 Å². The van der Waals surface area contributed by atoms with Gasteiger partial charge < -0.3 is 20.1 Å². The number of nitrogens with one attached hydrogen (secondary N) is 2. The largest absolute Gasteiger partial charge is 0.484 e. The molecule has 0 saturated carbocycles. The Morgan fingerprint density at radius 1 is 1.03 bits per heavy atom. The Labute approximate surface area is 191 Å². The number of nitrogens with zero attached hydrogens (tertiary/aromatic N) is 1. The third-order valence-corrected chi connectivity index (χ3v) is 6.26. The molecular formula is C26H35N3O3. The molecule has 2 atom stereocenters. The van der Waals surface area contributed by atoms with E-state index >= 15 is 0 Å². The van der Waals surface area contributed by atoms with Gasteiger partial charge in [-0.05, 0) is 74.2 Å². The van der Waals surface area contributed by atoms with Gasteiger partial charge in [0, 0.05) is 18.8 Å². The van der Waals surface area contributed by atoms with Crippen LogP contribution in [0.2, 0.25) is 0 Å². The maximum absolute atomic E-state index is 12.0. The molecule has 2 aliphatic rings. The maximum Gasteiger partial charge on any atom is 0.319 e. The van der Waals surface area contributed by atoms with Gasteiger partial charge in [0.2, 0.25) is 0 Å². The number of carbonyl (C=O) groups excluding carboxylic acids is 1. The van der Waals surface area contributed by atoms with E-state index in [2.05, 4.69) is 46.7 Å². The van der Waals surface area contributed by atoms with Crippen LogP contribution in [0.25, 0.3) is 0 Å². The number of hydrogen-bond donors (Lipinski definition) is 2. The molecule has 32 heavy (non-hydrogen) atoms. The van der Waals surface area contributed by atoms with E-state index in [1.54, 1.807) is 0 Å². The molecule has 0 bridgehead atoms. The van der Waals surface area contributed by atoms with Gasteiger partial charge in [0.25, 0.3) is 0 Å². The molecule has 2 N–H and O–H groups in total. The van der Waals surface area contributed by atoms with E-state index in [-0.39, 0.29) is 12.1 Å². The van der Waals surface area contributed by atoms with Crippen molar-refractivity contribution in [1.29, 1.82) is 0 Å². The van der Waals surface area contributed by atoms with Crippen LogP contribution in [0.1, 0.15) is 49.8 Å². The average molecular weight is 438 g/mol. The van der Waals surface area contributed by atoms with Crippen LogP contribution in [0.15, 0.2) is 48.5 Å². The van der Waals surface area contributed by atoms with Crippen LogP contribution >= 0.6 is 0 Å². The molecule has 1 aliphatic carbocycles. The molecule has 0 spiro atoms. The summed E-state index contributed by atoms with van der Waals surface area (Å²) in [5, 5.41) is 5.67. The van der Waals surface area contributed by atoms with Gasteiger partial charge in [0.15, 0.2) is 0 Å². The topological polar surface area (TPSA) is 62.8 Å². The predicted molar refractivity (Wildman–Crippen MR) is 127 cm³/mol. The molecule has 172 valence electrons. The second kappa shape index (κ2) is 11.3. The molecule has 1 aliphatic heterocycles. The van der Waals surface area contributed by atoms with Crippen LogP contribution in [-0.4, -0.2) is 49.8 Å². The number of hydrogen-bond acceptors (Lipinski definition) is 4. The zero-order valence-corrected chi connectivity index (χ0v) is 19.0. The normalized spacial score (nSPS) is 20.5. The first-order chi connectivity index (χ1) is 15.7. The van der Waals surface area contributed by atoms with Crippen LogP contribution in [-0.2, 0) is 11.2 Å². The fraction of sp³-hybridized carbons (Fsp3) is 0.500. The molecule has 1 saturated heterocycles. The Kier molecular flexibility index (Phi) is 8.02. The first kappa shape index (κ1) is 22.6. The first-order valence-electron chi connectivity index (χ1n) is 12.0. The van der Waals surface area contributed by atoms with Gasteiger partial charge in [-0.25, -0.2) is 4.79 Å². The SMILES string of the molecule is CCCOCCNC(=O)Nc1ccc(O[C@H]2c3ccccc3C[C@@H]2N2CCCCC2)cc1. The minimum Gasteiger partial charge on any atom is -0.484 e. The van der Waals surface area contributed by atoms with E-state index in [9.17, 15) is 4.79 Å². The first-order valence-corrected chi connectivity index (χ1v) is 12.0. The molecule has 1 heterocycles. The van der Waals surface area contributed by atoms with Crippen LogP contribution in [0.3, 0.4) is 0 Å². The molecule has 4 rings (SSSR count). The molecular weight excluding hydrogens is 402 g/mol. The zero-order valence-electron chi connectivity index (χ0n) is 19.0. The second-order valence-corrected chi connectivity index (χ2v) is 8.62.